The van der Waals surface area contributed by atoms with E-state index in [1.54, 1.807) is 13.0 Å². The Bertz CT molecular complexity index is 2070. The van der Waals surface area contributed by atoms with Gasteiger partial charge in [0, 0.05) is 60.9 Å². The summed E-state index contributed by atoms with van der Waals surface area (Å²) in [7, 11) is 0. The number of alkyl carbamates (subject to hydrolysis) is 1. The van der Waals surface area contributed by atoms with Gasteiger partial charge in [-0.15, -0.1) is 0 Å². The van der Waals surface area contributed by atoms with Gasteiger partial charge in [0.15, 0.2) is 11.9 Å². The summed E-state index contributed by atoms with van der Waals surface area (Å²) in [5.74, 6) is -0.524. The highest BCUT2D eigenvalue weighted by Gasteiger charge is 2.85. The number of ether oxygens (including phenoxy) is 3. The van der Waals surface area contributed by atoms with Crippen LogP contribution in [0.15, 0.2) is 23.3 Å². The Morgan fingerprint density at radius 3 is 2.24 bits per heavy atom. The molecule has 18 heteroatoms. The van der Waals surface area contributed by atoms with Crippen molar-refractivity contribution in [2.75, 3.05) is 25.4 Å². The molecule has 4 heterocycles. The van der Waals surface area contributed by atoms with Crippen LogP contribution in [-0.2, 0) is 33.4 Å². The number of allylic oxidation sites excluding steroid dienone is 1. The van der Waals surface area contributed by atoms with Crippen LogP contribution in [0.2, 0.25) is 0 Å². The molecule has 4 aliphatic heterocycles. The van der Waals surface area contributed by atoms with Crippen LogP contribution in [-0.4, -0.2) is 134 Å². The molecule has 3 saturated heterocycles. The molecule has 14 atom stereocenters. The summed E-state index contributed by atoms with van der Waals surface area (Å²) in [5, 5.41) is 52.9. The van der Waals surface area contributed by atoms with Crippen molar-refractivity contribution >= 4 is 47.5 Å². The minimum absolute atomic E-state index is 0.00347. The van der Waals surface area contributed by atoms with Gasteiger partial charge >= 0.3 is 18.1 Å². The highest BCUT2D eigenvalue weighted by molar-refractivity contribution is 8.00. The number of ketones is 1. The maximum atomic E-state index is 14.1. The SMILES string of the molecule is CC1=C(C)C(=O)O[C@@H](C(C)(O)[C@]2(O)CC[C@@]3(O)[C@@H]4C[C@H]5O[C@]56[C@@H](OC(=O)NCCCCCNC(=O)CCCCCNC(=O)CCCCC5SCC7NC(=O)NC75)C=CC(=O)[C@]6(C)[C@H]4CC[C@@]32C)C1. The molecule has 4 unspecified atom stereocenters. The zero-order chi connectivity index (χ0) is 48.9. The van der Waals surface area contributed by atoms with Crippen molar-refractivity contribution < 1.29 is 58.3 Å². The number of carbonyl (C=O) groups is 6. The second kappa shape index (κ2) is 19.5. The normalized spacial score (nSPS) is 39.5. The quantitative estimate of drug-likeness (QED) is 0.0370. The third-order valence-electron chi connectivity index (χ3n) is 18.2. The number of amides is 5. The van der Waals surface area contributed by atoms with Gasteiger partial charge in [0.1, 0.15) is 22.9 Å². The highest BCUT2D eigenvalue weighted by atomic mass is 32.2. The van der Waals surface area contributed by atoms with Crippen LogP contribution in [0.5, 0.6) is 0 Å². The summed E-state index contributed by atoms with van der Waals surface area (Å²) in [6.07, 6.45) is 10.1. The van der Waals surface area contributed by atoms with Gasteiger partial charge in [-0.2, -0.15) is 11.8 Å². The van der Waals surface area contributed by atoms with Crippen LogP contribution in [0, 0.1) is 22.7 Å². The van der Waals surface area contributed by atoms with E-state index < -0.39 is 69.5 Å². The molecular formula is C50H75N5O12S. The zero-order valence-electron chi connectivity index (χ0n) is 40.5. The number of carbonyl (C=O) groups excluding carboxylic acids is 6. The number of thioether (sulfide) groups is 1. The minimum Gasteiger partial charge on any atom is -0.455 e. The van der Waals surface area contributed by atoms with Crippen LogP contribution < -0.4 is 26.6 Å². The van der Waals surface area contributed by atoms with E-state index in [-0.39, 0.29) is 60.9 Å². The fourth-order valence-corrected chi connectivity index (χ4v) is 15.3. The average Bonchev–Trinajstić information content (AvgIpc) is 3.65. The van der Waals surface area contributed by atoms with Crippen LogP contribution in [0.4, 0.5) is 9.59 Å². The summed E-state index contributed by atoms with van der Waals surface area (Å²) < 4.78 is 18.2. The topological polar surface area (TPSA) is 254 Å². The molecule has 378 valence electrons. The Kier molecular flexibility index (Phi) is 14.5. The number of esters is 1. The fraction of sp³-hybridized carbons (Fsp3) is 0.800. The van der Waals surface area contributed by atoms with E-state index in [1.165, 1.54) is 13.0 Å². The minimum atomic E-state index is -1.89. The van der Waals surface area contributed by atoms with E-state index in [1.807, 2.05) is 32.5 Å². The number of rotatable bonds is 20. The predicted molar refractivity (Wildman–Crippen MR) is 252 cm³/mol. The summed E-state index contributed by atoms with van der Waals surface area (Å²) in [4.78, 5) is 76.2. The molecule has 17 nitrogen and oxygen atoms in total. The number of urea groups is 1. The number of cyclic esters (lactones) is 1. The standard InChI is InChI=1S/C50H75N5O12S/c1-29-26-37(65-42(59)30(29)2)47(5,62)49(64)22-21-48(63)32-27-38-50(67-38)36(18-17-35(56)46(50,4)31(32)19-20-45(48,49)3)66-44(61)53-25-13-7-12-24-52-39(57)15-8-6-11-23-51-40(58)16-10-9-14-34-41-33(28-68-34)54-43(60)55-41/h17-18,31-34,36-38,41,62-64H,6-16,19-28H2,1-5H3,(H,51,58)(H,52,57)(H,53,61)(H2,54,55,60)/t31-,32+,33?,34?,36-,37+,38+,41?,45-,46-,47?,48+,49-,50+/m0/s1. The van der Waals surface area contributed by atoms with Crippen molar-refractivity contribution in [2.24, 2.45) is 22.7 Å². The maximum absolute atomic E-state index is 14.1. The van der Waals surface area contributed by atoms with Crippen molar-refractivity contribution in [2.45, 2.75) is 202 Å². The maximum Gasteiger partial charge on any atom is 0.407 e. The second-order valence-corrected chi connectivity index (χ2v) is 23.0. The van der Waals surface area contributed by atoms with Gasteiger partial charge in [0.25, 0.3) is 0 Å². The van der Waals surface area contributed by atoms with E-state index in [0.29, 0.717) is 69.0 Å². The van der Waals surface area contributed by atoms with Crippen molar-refractivity contribution in [1.82, 2.24) is 26.6 Å². The Balaban J connectivity index is 0.710. The first-order chi connectivity index (χ1) is 32.2. The van der Waals surface area contributed by atoms with Gasteiger partial charge in [0.05, 0.1) is 29.2 Å². The summed E-state index contributed by atoms with van der Waals surface area (Å²) in [5.41, 5.74) is -7.34. The first-order valence-corrected chi connectivity index (χ1v) is 26.4. The third kappa shape index (κ3) is 8.67. The van der Waals surface area contributed by atoms with E-state index in [0.717, 1.165) is 62.7 Å². The number of nitrogens with one attached hydrogen (secondary N) is 5. The highest BCUT2D eigenvalue weighted by Crippen LogP contribution is 2.75. The zero-order valence-corrected chi connectivity index (χ0v) is 41.4. The molecule has 4 aliphatic carbocycles. The molecule has 5 amide bonds. The Morgan fingerprint density at radius 1 is 0.882 bits per heavy atom. The predicted octanol–water partition coefficient (Wildman–Crippen LogP) is 4.15. The molecule has 3 saturated carbocycles. The molecule has 0 bridgehead atoms. The smallest absolute Gasteiger partial charge is 0.407 e. The number of hydrogen-bond donors (Lipinski definition) is 8. The van der Waals surface area contributed by atoms with Gasteiger partial charge in [-0.05, 0) is 129 Å². The molecule has 1 spiro atoms. The number of epoxide rings is 1. The Hall–Kier alpha value is -3.71. The van der Waals surface area contributed by atoms with Crippen molar-refractivity contribution in [3.8, 4) is 0 Å². The van der Waals surface area contributed by atoms with Gasteiger partial charge < -0.3 is 56.1 Å². The number of unbranched alkanes of at least 4 members (excludes halogenated alkanes) is 5. The Labute approximate surface area is 404 Å². The molecule has 0 aromatic carbocycles. The summed E-state index contributed by atoms with van der Waals surface area (Å²) >= 11 is 1.89. The first kappa shape index (κ1) is 50.7. The van der Waals surface area contributed by atoms with Crippen LogP contribution in [0.25, 0.3) is 0 Å². The van der Waals surface area contributed by atoms with Crippen LogP contribution in [0.1, 0.15) is 144 Å². The van der Waals surface area contributed by atoms with Crippen molar-refractivity contribution in [3.63, 3.8) is 0 Å². The number of aliphatic hydroxyl groups is 3. The summed E-state index contributed by atoms with van der Waals surface area (Å²) in [6, 6.07) is 0.338. The molecule has 8 aliphatic rings. The molecule has 6 fully saturated rings. The van der Waals surface area contributed by atoms with E-state index in [2.05, 4.69) is 26.6 Å². The lowest BCUT2D eigenvalue weighted by Crippen LogP contribution is -2.73. The number of fused-ring (bicyclic) bond motifs is 5. The lowest BCUT2D eigenvalue weighted by atomic mass is 9.42. The molecule has 8 rings (SSSR count). The lowest BCUT2D eigenvalue weighted by Gasteiger charge is -2.63. The van der Waals surface area contributed by atoms with Gasteiger partial charge in [0.2, 0.25) is 11.8 Å². The monoisotopic (exact) mass is 970 g/mol. The van der Waals surface area contributed by atoms with E-state index >= 15 is 0 Å². The summed E-state index contributed by atoms with van der Waals surface area (Å²) in [6.45, 7) is 10.2. The van der Waals surface area contributed by atoms with Crippen LogP contribution >= 0.6 is 11.8 Å². The fourth-order valence-electron chi connectivity index (χ4n) is 13.8. The molecule has 68 heavy (non-hydrogen) atoms. The van der Waals surface area contributed by atoms with Crippen molar-refractivity contribution in [1.29, 1.82) is 0 Å². The Morgan fingerprint density at radius 2 is 1.54 bits per heavy atom. The van der Waals surface area contributed by atoms with Crippen LogP contribution in [0.3, 0.4) is 0 Å². The lowest BCUT2D eigenvalue weighted by molar-refractivity contribution is -0.283. The molecule has 0 aromatic heterocycles. The van der Waals surface area contributed by atoms with Gasteiger partial charge in [-0.25, -0.2) is 14.4 Å². The van der Waals surface area contributed by atoms with E-state index in [4.69, 9.17) is 14.2 Å². The molecule has 0 radical (unpaired) electrons. The second-order valence-electron chi connectivity index (χ2n) is 21.8. The van der Waals surface area contributed by atoms with Gasteiger partial charge in [-0.1, -0.05) is 25.3 Å². The first-order valence-electron chi connectivity index (χ1n) is 25.3. The van der Waals surface area contributed by atoms with E-state index in [9.17, 15) is 44.1 Å². The molecule has 0 aromatic rings. The van der Waals surface area contributed by atoms with Gasteiger partial charge in [-0.3, -0.25) is 14.4 Å². The largest absolute Gasteiger partial charge is 0.455 e. The number of hydrogen-bond acceptors (Lipinski definition) is 13. The molecule has 8 N–H and O–H groups in total. The molecular weight excluding hydrogens is 895 g/mol. The van der Waals surface area contributed by atoms with Crippen molar-refractivity contribution in [3.05, 3.63) is 23.3 Å². The third-order valence-corrected chi connectivity index (χ3v) is 19.7. The average molecular weight is 970 g/mol.